The lowest BCUT2D eigenvalue weighted by atomic mass is 10.2. The first-order valence-electron chi connectivity index (χ1n) is 7.34. The van der Waals surface area contributed by atoms with Crippen molar-refractivity contribution in [3.63, 3.8) is 0 Å². The molecule has 2 N–H and O–H groups in total. The average molecular weight is 266 g/mol. The first kappa shape index (κ1) is 14.5. The Morgan fingerprint density at radius 2 is 2.26 bits per heavy atom. The first-order valence-corrected chi connectivity index (χ1v) is 7.34. The summed E-state index contributed by atoms with van der Waals surface area (Å²) in [4.78, 5) is 2.38. The van der Waals surface area contributed by atoms with Gasteiger partial charge in [0.1, 0.15) is 0 Å². The quantitative estimate of drug-likeness (QED) is 0.845. The summed E-state index contributed by atoms with van der Waals surface area (Å²) in [5, 5.41) is 4.71. The maximum atomic E-state index is 5.80. The van der Waals surface area contributed by atoms with E-state index < -0.39 is 0 Å². The van der Waals surface area contributed by atoms with Crippen LogP contribution in [0.1, 0.15) is 38.4 Å². The van der Waals surface area contributed by atoms with E-state index in [0.717, 1.165) is 44.8 Å². The molecule has 0 saturated carbocycles. The summed E-state index contributed by atoms with van der Waals surface area (Å²) in [6.07, 6.45) is 4.35. The summed E-state index contributed by atoms with van der Waals surface area (Å²) in [5.41, 5.74) is 6.93. The van der Waals surface area contributed by atoms with Crippen LogP contribution in [0.4, 0.5) is 0 Å². The number of nitrogens with two attached hydrogens (primary N) is 1. The number of morpholine rings is 1. The summed E-state index contributed by atoms with van der Waals surface area (Å²) in [5.74, 6) is 0. The monoisotopic (exact) mass is 266 g/mol. The van der Waals surface area contributed by atoms with E-state index in [2.05, 4.69) is 35.7 Å². The van der Waals surface area contributed by atoms with Crippen molar-refractivity contribution in [2.45, 2.75) is 45.3 Å². The molecule has 1 aliphatic rings. The SMILES string of the molecule is CCC(CC)n1ccc(CN2CCOCC2CN)n1. The molecular formula is C14H26N4O. The van der Waals surface area contributed by atoms with Crippen LogP contribution in [0.3, 0.4) is 0 Å². The van der Waals surface area contributed by atoms with E-state index in [9.17, 15) is 0 Å². The van der Waals surface area contributed by atoms with Crippen molar-refractivity contribution in [3.8, 4) is 0 Å². The van der Waals surface area contributed by atoms with Gasteiger partial charge in [-0.3, -0.25) is 9.58 Å². The Morgan fingerprint density at radius 1 is 1.47 bits per heavy atom. The Balaban J connectivity index is 1.98. The van der Waals surface area contributed by atoms with Gasteiger partial charge in [0.25, 0.3) is 0 Å². The second-order valence-corrected chi connectivity index (χ2v) is 5.19. The highest BCUT2D eigenvalue weighted by atomic mass is 16.5. The highest BCUT2D eigenvalue weighted by Crippen LogP contribution is 2.16. The number of hydrogen-bond donors (Lipinski definition) is 1. The second-order valence-electron chi connectivity index (χ2n) is 5.19. The van der Waals surface area contributed by atoms with Crippen molar-refractivity contribution >= 4 is 0 Å². The predicted octanol–water partition coefficient (Wildman–Crippen LogP) is 1.40. The number of nitrogens with zero attached hydrogens (tertiary/aromatic N) is 3. The third kappa shape index (κ3) is 3.55. The molecule has 0 amide bonds. The van der Waals surface area contributed by atoms with Gasteiger partial charge < -0.3 is 10.5 Å². The number of ether oxygens (including phenoxy) is 1. The van der Waals surface area contributed by atoms with Crippen LogP contribution in [0.2, 0.25) is 0 Å². The zero-order valence-corrected chi connectivity index (χ0v) is 12.1. The molecule has 0 aliphatic carbocycles. The largest absolute Gasteiger partial charge is 0.378 e. The Morgan fingerprint density at radius 3 is 2.95 bits per heavy atom. The molecule has 1 aliphatic heterocycles. The number of aromatic nitrogens is 2. The van der Waals surface area contributed by atoms with Crippen LogP contribution in [0, 0.1) is 0 Å². The molecule has 1 atom stereocenters. The molecule has 1 aromatic heterocycles. The fourth-order valence-electron chi connectivity index (χ4n) is 2.65. The van der Waals surface area contributed by atoms with E-state index in [0.29, 0.717) is 18.6 Å². The lowest BCUT2D eigenvalue weighted by Gasteiger charge is -2.34. The van der Waals surface area contributed by atoms with Crippen LogP contribution >= 0.6 is 0 Å². The van der Waals surface area contributed by atoms with Crippen LogP contribution in [0.15, 0.2) is 12.3 Å². The van der Waals surface area contributed by atoms with Gasteiger partial charge in [0.05, 0.1) is 24.9 Å². The molecule has 0 spiro atoms. The highest BCUT2D eigenvalue weighted by molar-refractivity contribution is 5.00. The standard InChI is InChI=1S/C14H26N4O/c1-3-13(4-2)18-6-5-12(16-18)10-17-7-8-19-11-14(17)9-15/h5-6,13-14H,3-4,7-11,15H2,1-2H3. The zero-order valence-electron chi connectivity index (χ0n) is 12.1. The molecule has 1 fully saturated rings. The zero-order chi connectivity index (χ0) is 13.7. The van der Waals surface area contributed by atoms with Gasteiger partial charge in [0.2, 0.25) is 0 Å². The Hall–Kier alpha value is -0.910. The van der Waals surface area contributed by atoms with E-state index in [4.69, 9.17) is 15.6 Å². The van der Waals surface area contributed by atoms with Gasteiger partial charge in [0.15, 0.2) is 0 Å². The molecule has 19 heavy (non-hydrogen) atoms. The molecule has 2 rings (SSSR count). The summed E-state index contributed by atoms with van der Waals surface area (Å²) in [7, 11) is 0. The predicted molar refractivity (Wildman–Crippen MR) is 75.9 cm³/mol. The van der Waals surface area contributed by atoms with Crippen molar-refractivity contribution in [3.05, 3.63) is 18.0 Å². The fourth-order valence-corrected chi connectivity index (χ4v) is 2.65. The molecule has 1 aromatic rings. The van der Waals surface area contributed by atoms with Gasteiger partial charge in [-0.15, -0.1) is 0 Å². The molecular weight excluding hydrogens is 240 g/mol. The van der Waals surface area contributed by atoms with Crippen LogP contribution < -0.4 is 5.73 Å². The topological polar surface area (TPSA) is 56.3 Å². The Labute approximate surface area is 115 Å². The molecule has 1 unspecified atom stereocenters. The highest BCUT2D eigenvalue weighted by Gasteiger charge is 2.22. The molecule has 2 heterocycles. The normalized spacial score (nSPS) is 21.2. The summed E-state index contributed by atoms with van der Waals surface area (Å²) in [6.45, 7) is 8.42. The summed E-state index contributed by atoms with van der Waals surface area (Å²) >= 11 is 0. The van der Waals surface area contributed by atoms with Gasteiger partial charge in [-0.1, -0.05) is 13.8 Å². The third-order valence-corrected chi connectivity index (χ3v) is 3.97. The molecule has 0 radical (unpaired) electrons. The van der Waals surface area contributed by atoms with Crippen molar-refractivity contribution in [2.75, 3.05) is 26.3 Å². The lowest BCUT2D eigenvalue weighted by Crippen LogP contribution is -2.48. The van der Waals surface area contributed by atoms with Crippen molar-refractivity contribution in [1.29, 1.82) is 0 Å². The molecule has 5 heteroatoms. The van der Waals surface area contributed by atoms with Crippen molar-refractivity contribution in [1.82, 2.24) is 14.7 Å². The van der Waals surface area contributed by atoms with Crippen molar-refractivity contribution < 1.29 is 4.74 Å². The Kier molecular flexibility index (Phi) is 5.36. The van der Waals surface area contributed by atoms with E-state index in [1.807, 2.05) is 0 Å². The molecule has 0 bridgehead atoms. The molecule has 108 valence electrons. The maximum Gasteiger partial charge on any atom is 0.0765 e. The van der Waals surface area contributed by atoms with Gasteiger partial charge >= 0.3 is 0 Å². The smallest absolute Gasteiger partial charge is 0.0765 e. The minimum absolute atomic E-state index is 0.326. The molecule has 5 nitrogen and oxygen atoms in total. The summed E-state index contributed by atoms with van der Waals surface area (Å²) < 4.78 is 7.58. The van der Waals surface area contributed by atoms with Gasteiger partial charge in [-0.25, -0.2) is 0 Å². The average Bonchev–Trinajstić information content (AvgIpc) is 2.89. The lowest BCUT2D eigenvalue weighted by molar-refractivity contribution is -0.00855. The number of hydrogen-bond acceptors (Lipinski definition) is 4. The van der Waals surface area contributed by atoms with Crippen LogP contribution in [-0.2, 0) is 11.3 Å². The van der Waals surface area contributed by atoms with Crippen LogP contribution in [0.5, 0.6) is 0 Å². The maximum absolute atomic E-state index is 5.80. The van der Waals surface area contributed by atoms with Gasteiger partial charge in [-0.05, 0) is 18.9 Å². The summed E-state index contributed by atoms with van der Waals surface area (Å²) in [6, 6.07) is 2.97. The number of rotatable bonds is 6. The molecule has 1 saturated heterocycles. The van der Waals surface area contributed by atoms with Crippen LogP contribution in [0.25, 0.3) is 0 Å². The van der Waals surface area contributed by atoms with Gasteiger partial charge in [-0.2, -0.15) is 5.10 Å². The minimum atomic E-state index is 0.326. The Bertz CT molecular complexity index is 375. The van der Waals surface area contributed by atoms with E-state index in [1.54, 1.807) is 0 Å². The van der Waals surface area contributed by atoms with Crippen LogP contribution in [-0.4, -0.2) is 47.0 Å². The van der Waals surface area contributed by atoms with E-state index in [1.165, 1.54) is 0 Å². The van der Waals surface area contributed by atoms with E-state index >= 15 is 0 Å². The second kappa shape index (κ2) is 7.03. The third-order valence-electron chi connectivity index (χ3n) is 3.97. The minimum Gasteiger partial charge on any atom is -0.378 e. The van der Waals surface area contributed by atoms with Gasteiger partial charge in [0, 0.05) is 31.9 Å². The van der Waals surface area contributed by atoms with Crippen molar-refractivity contribution in [2.24, 2.45) is 5.73 Å². The fraction of sp³-hybridized carbons (Fsp3) is 0.786. The molecule has 0 aromatic carbocycles. The van der Waals surface area contributed by atoms with E-state index in [-0.39, 0.29) is 0 Å². The first-order chi connectivity index (χ1) is 9.28.